The zero-order chi connectivity index (χ0) is 13.9. The molecule has 0 unspecified atom stereocenters. The Labute approximate surface area is 119 Å². The van der Waals surface area contributed by atoms with Crippen molar-refractivity contribution in [2.24, 2.45) is 0 Å². The van der Waals surface area contributed by atoms with E-state index in [-0.39, 0.29) is 0 Å². The fourth-order valence-corrected chi connectivity index (χ4v) is 2.39. The normalized spacial score (nSPS) is 11.3. The SMILES string of the molecule is CCCCCCCC/C=C/Cc1cc(C)ccc1C. The molecule has 0 heterocycles. The zero-order valence-electron chi connectivity index (χ0n) is 13.0. The number of aryl methyl sites for hydroxylation is 2. The lowest BCUT2D eigenvalue weighted by Gasteiger charge is -2.04. The van der Waals surface area contributed by atoms with Crippen molar-refractivity contribution in [3.05, 3.63) is 47.0 Å². The summed E-state index contributed by atoms with van der Waals surface area (Å²) in [5, 5.41) is 0. The van der Waals surface area contributed by atoms with Crippen LogP contribution in [0.1, 0.15) is 68.6 Å². The van der Waals surface area contributed by atoms with E-state index in [9.17, 15) is 0 Å². The van der Waals surface area contributed by atoms with E-state index in [0.717, 1.165) is 6.42 Å². The number of rotatable bonds is 9. The van der Waals surface area contributed by atoms with Crippen molar-refractivity contribution in [1.82, 2.24) is 0 Å². The van der Waals surface area contributed by atoms with E-state index in [0.29, 0.717) is 0 Å². The van der Waals surface area contributed by atoms with E-state index in [1.54, 1.807) is 0 Å². The minimum Gasteiger partial charge on any atom is -0.0882 e. The summed E-state index contributed by atoms with van der Waals surface area (Å²) in [6.45, 7) is 6.65. The third kappa shape index (κ3) is 7.20. The van der Waals surface area contributed by atoms with Gasteiger partial charge in [0.2, 0.25) is 0 Å². The Balaban J connectivity index is 2.15. The molecule has 0 nitrogen and oxygen atoms in total. The van der Waals surface area contributed by atoms with Crippen LogP contribution in [-0.4, -0.2) is 0 Å². The molecule has 0 heteroatoms. The Morgan fingerprint density at radius 3 is 2.42 bits per heavy atom. The van der Waals surface area contributed by atoms with Crippen LogP contribution in [0.4, 0.5) is 0 Å². The first-order valence-corrected chi connectivity index (χ1v) is 7.95. The van der Waals surface area contributed by atoms with Crippen LogP contribution in [-0.2, 0) is 6.42 Å². The summed E-state index contributed by atoms with van der Waals surface area (Å²) >= 11 is 0. The molecular formula is C19H30. The van der Waals surface area contributed by atoms with Crippen molar-refractivity contribution in [3.63, 3.8) is 0 Å². The van der Waals surface area contributed by atoms with Gasteiger partial charge < -0.3 is 0 Å². The second-order valence-electron chi connectivity index (χ2n) is 5.66. The lowest BCUT2D eigenvalue weighted by Crippen LogP contribution is -1.88. The first-order valence-electron chi connectivity index (χ1n) is 7.95. The molecule has 0 aliphatic heterocycles. The largest absolute Gasteiger partial charge is 0.0882 e. The van der Waals surface area contributed by atoms with Crippen LogP contribution in [0.25, 0.3) is 0 Å². The fourth-order valence-electron chi connectivity index (χ4n) is 2.39. The second kappa shape index (κ2) is 9.83. The fraction of sp³-hybridized carbons (Fsp3) is 0.579. The van der Waals surface area contributed by atoms with Gasteiger partial charge in [-0.3, -0.25) is 0 Å². The molecule has 19 heavy (non-hydrogen) atoms. The summed E-state index contributed by atoms with van der Waals surface area (Å²) in [7, 11) is 0. The molecule has 0 aromatic heterocycles. The number of hydrogen-bond donors (Lipinski definition) is 0. The highest BCUT2D eigenvalue weighted by Crippen LogP contribution is 2.12. The smallest absolute Gasteiger partial charge is 0.00947 e. The van der Waals surface area contributed by atoms with Crippen LogP contribution in [0.3, 0.4) is 0 Å². The van der Waals surface area contributed by atoms with E-state index < -0.39 is 0 Å². The minimum absolute atomic E-state index is 1.09. The van der Waals surface area contributed by atoms with Crippen LogP contribution >= 0.6 is 0 Å². The van der Waals surface area contributed by atoms with Gasteiger partial charge in [0.05, 0.1) is 0 Å². The molecule has 1 aromatic rings. The van der Waals surface area contributed by atoms with E-state index in [2.05, 4.69) is 51.1 Å². The van der Waals surface area contributed by atoms with E-state index >= 15 is 0 Å². The molecule has 0 saturated carbocycles. The van der Waals surface area contributed by atoms with Crippen molar-refractivity contribution in [1.29, 1.82) is 0 Å². The van der Waals surface area contributed by atoms with Crippen LogP contribution < -0.4 is 0 Å². The van der Waals surface area contributed by atoms with E-state index in [1.807, 2.05) is 0 Å². The average molecular weight is 258 g/mol. The number of hydrogen-bond acceptors (Lipinski definition) is 0. The van der Waals surface area contributed by atoms with Crippen molar-refractivity contribution in [2.45, 2.75) is 72.1 Å². The van der Waals surface area contributed by atoms with Gasteiger partial charge >= 0.3 is 0 Å². The zero-order valence-corrected chi connectivity index (χ0v) is 13.0. The Morgan fingerprint density at radius 1 is 0.895 bits per heavy atom. The summed E-state index contributed by atoms with van der Waals surface area (Å²) in [5.74, 6) is 0. The molecule has 0 spiro atoms. The van der Waals surface area contributed by atoms with Gasteiger partial charge in [0.15, 0.2) is 0 Å². The highest BCUT2D eigenvalue weighted by Gasteiger charge is 1.95. The molecule has 0 aliphatic carbocycles. The standard InChI is InChI=1S/C19H30/c1-4-5-6-7-8-9-10-11-12-13-19-16-17(2)14-15-18(19)3/h11-12,14-16H,4-10,13H2,1-3H3/b12-11+. The monoisotopic (exact) mass is 258 g/mol. The second-order valence-corrected chi connectivity index (χ2v) is 5.66. The quantitative estimate of drug-likeness (QED) is 0.368. The predicted octanol–water partition coefficient (Wildman–Crippen LogP) is 6.15. The number of allylic oxidation sites excluding steroid dienone is 2. The summed E-state index contributed by atoms with van der Waals surface area (Å²) < 4.78 is 0. The van der Waals surface area contributed by atoms with Crippen LogP contribution in [0.15, 0.2) is 30.4 Å². The average Bonchev–Trinajstić information content (AvgIpc) is 2.40. The summed E-state index contributed by atoms with van der Waals surface area (Å²) in [6.07, 6.45) is 15.4. The van der Waals surface area contributed by atoms with Gasteiger partial charge in [-0.05, 0) is 44.2 Å². The molecule has 106 valence electrons. The van der Waals surface area contributed by atoms with Gasteiger partial charge in [0.1, 0.15) is 0 Å². The maximum atomic E-state index is 2.36. The van der Waals surface area contributed by atoms with Crippen molar-refractivity contribution < 1.29 is 0 Å². The van der Waals surface area contributed by atoms with Gasteiger partial charge in [-0.2, -0.15) is 0 Å². The topological polar surface area (TPSA) is 0 Å². The summed E-state index contributed by atoms with van der Waals surface area (Å²) in [6, 6.07) is 6.73. The lowest BCUT2D eigenvalue weighted by atomic mass is 10.0. The first kappa shape index (κ1) is 16.0. The molecule has 0 radical (unpaired) electrons. The van der Waals surface area contributed by atoms with Crippen LogP contribution in [0.2, 0.25) is 0 Å². The Bertz CT molecular complexity index is 374. The molecular weight excluding hydrogens is 228 g/mol. The molecule has 0 N–H and O–H groups in total. The molecule has 0 fully saturated rings. The highest BCUT2D eigenvalue weighted by molar-refractivity contribution is 5.31. The molecule has 0 atom stereocenters. The molecule has 1 aromatic carbocycles. The van der Waals surface area contributed by atoms with Crippen molar-refractivity contribution in [3.8, 4) is 0 Å². The summed E-state index contributed by atoms with van der Waals surface area (Å²) in [5.41, 5.74) is 4.25. The van der Waals surface area contributed by atoms with Crippen molar-refractivity contribution >= 4 is 0 Å². The number of benzene rings is 1. The maximum Gasteiger partial charge on any atom is -0.00947 e. The third-order valence-electron chi connectivity index (χ3n) is 3.73. The van der Waals surface area contributed by atoms with E-state index in [1.165, 1.54) is 61.6 Å². The molecule has 0 amide bonds. The van der Waals surface area contributed by atoms with Gasteiger partial charge in [-0.25, -0.2) is 0 Å². The van der Waals surface area contributed by atoms with Crippen molar-refractivity contribution in [2.75, 3.05) is 0 Å². The van der Waals surface area contributed by atoms with Gasteiger partial charge in [-0.1, -0.05) is 74.9 Å². The summed E-state index contributed by atoms with van der Waals surface area (Å²) in [4.78, 5) is 0. The third-order valence-corrected chi connectivity index (χ3v) is 3.73. The first-order chi connectivity index (χ1) is 9.24. The Morgan fingerprint density at radius 2 is 1.63 bits per heavy atom. The number of unbranched alkanes of at least 4 members (excludes halogenated alkanes) is 6. The highest BCUT2D eigenvalue weighted by atomic mass is 14.0. The molecule has 0 bridgehead atoms. The van der Waals surface area contributed by atoms with Gasteiger partial charge in [0.25, 0.3) is 0 Å². The molecule has 0 aliphatic rings. The Hall–Kier alpha value is -1.04. The van der Waals surface area contributed by atoms with Gasteiger partial charge in [0, 0.05) is 0 Å². The maximum absolute atomic E-state index is 2.36. The van der Waals surface area contributed by atoms with Gasteiger partial charge in [-0.15, -0.1) is 0 Å². The Kier molecular flexibility index (Phi) is 8.29. The lowest BCUT2D eigenvalue weighted by molar-refractivity contribution is 0.611. The molecule has 0 saturated heterocycles. The predicted molar refractivity (Wildman–Crippen MR) is 86.8 cm³/mol. The minimum atomic E-state index is 1.09. The molecule has 1 rings (SSSR count). The van der Waals surface area contributed by atoms with E-state index in [4.69, 9.17) is 0 Å². The van der Waals surface area contributed by atoms with Crippen LogP contribution in [0, 0.1) is 13.8 Å². The van der Waals surface area contributed by atoms with Crippen LogP contribution in [0.5, 0.6) is 0 Å².